The Morgan fingerprint density at radius 1 is 1.29 bits per heavy atom. The molecule has 1 aromatic rings. The monoisotopic (exact) mass is 353 g/mol. The smallest absolute Gasteiger partial charge is 0.260 e. The van der Waals surface area contributed by atoms with Crippen LogP contribution in [-0.2, 0) is 4.79 Å². The predicted molar refractivity (Wildman–Crippen MR) is 76.6 cm³/mol. The van der Waals surface area contributed by atoms with Crippen molar-refractivity contribution in [2.45, 2.75) is 12.8 Å². The van der Waals surface area contributed by atoms with Crippen LogP contribution in [0.2, 0.25) is 0 Å². The van der Waals surface area contributed by atoms with E-state index in [1.807, 2.05) is 12.1 Å². The number of amides is 1. The Kier molecular flexibility index (Phi) is 7.20. The topological polar surface area (TPSA) is 77.1 Å². The zero-order chi connectivity index (χ0) is 15.7. The van der Waals surface area contributed by atoms with E-state index in [-0.39, 0.29) is 44.2 Å². The Balaban J connectivity index is 2.60. The summed E-state index contributed by atoms with van der Waals surface area (Å²) < 4.78 is 19.3. The first-order chi connectivity index (χ1) is 10.1. The van der Waals surface area contributed by atoms with Gasteiger partial charge in [0, 0.05) is 17.6 Å². The Labute approximate surface area is 130 Å². The van der Waals surface area contributed by atoms with Crippen LogP contribution < -0.4 is 4.74 Å². The Morgan fingerprint density at radius 2 is 1.90 bits per heavy atom. The second-order valence-electron chi connectivity index (χ2n) is 4.06. The number of halogens is 2. The molecule has 1 amide bonds. The number of carbonyl (C=O) groups is 1. The number of hydrogen-bond acceptors (Lipinski definition) is 4. The largest absolute Gasteiger partial charge is 0.481 e. The van der Waals surface area contributed by atoms with E-state index in [9.17, 15) is 9.18 Å². The molecule has 0 aromatic heterocycles. The molecule has 21 heavy (non-hydrogen) atoms. The number of nitriles is 2. The van der Waals surface area contributed by atoms with Crippen LogP contribution in [-0.4, -0.2) is 30.5 Å². The minimum Gasteiger partial charge on any atom is -0.481 e. The number of benzene rings is 1. The van der Waals surface area contributed by atoms with Gasteiger partial charge < -0.3 is 9.64 Å². The molecule has 0 aliphatic heterocycles. The molecule has 0 N–H and O–H groups in total. The SMILES string of the molecule is N#CCCN(CCC#N)C(=O)COc1ccc(Br)cc1F. The molecule has 7 heteroatoms. The molecule has 1 aromatic carbocycles. The second kappa shape index (κ2) is 8.93. The quantitative estimate of drug-likeness (QED) is 0.754. The van der Waals surface area contributed by atoms with Crippen LogP contribution in [0.4, 0.5) is 4.39 Å². The Morgan fingerprint density at radius 3 is 2.43 bits per heavy atom. The maximum atomic E-state index is 13.5. The number of carbonyl (C=O) groups excluding carboxylic acids is 1. The van der Waals surface area contributed by atoms with E-state index in [2.05, 4.69) is 15.9 Å². The number of rotatable bonds is 7. The minimum atomic E-state index is -0.572. The summed E-state index contributed by atoms with van der Waals surface area (Å²) >= 11 is 3.12. The summed E-state index contributed by atoms with van der Waals surface area (Å²) in [5.74, 6) is -0.979. The molecular formula is C14H13BrFN3O2. The Bertz CT molecular complexity index is 563. The first-order valence-electron chi connectivity index (χ1n) is 6.18. The number of ether oxygens (including phenoxy) is 1. The van der Waals surface area contributed by atoms with Gasteiger partial charge in [-0.15, -0.1) is 0 Å². The summed E-state index contributed by atoms with van der Waals surface area (Å²) in [6, 6.07) is 8.13. The molecule has 0 heterocycles. The van der Waals surface area contributed by atoms with Crippen molar-refractivity contribution in [2.75, 3.05) is 19.7 Å². The van der Waals surface area contributed by atoms with Crippen molar-refractivity contribution in [1.82, 2.24) is 4.90 Å². The highest BCUT2D eigenvalue weighted by atomic mass is 79.9. The molecule has 1 rings (SSSR count). The van der Waals surface area contributed by atoms with Crippen LogP contribution in [0.5, 0.6) is 5.75 Å². The summed E-state index contributed by atoms with van der Waals surface area (Å²) in [7, 11) is 0. The molecule has 0 aliphatic carbocycles. The highest BCUT2D eigenvalue weighted by Gasteiger charge is 2.14. The fraction of sp³-hybridized carbons (Fsp3) is 0.357. The van der Waals surface area contributed by atoms with Crippen molar-refractivity contribution in [2.24, 2.45) is 0 Å². The van der Waals surface area contributed by atoms with Crippen LogP contribution in [0.15, 0.2) is 22.7 Å². The lowest BCUT2D eigenvalue weighted by Gasteiger charge is -2.20. The lowest BCUT2D eigenvalue weighted by Crippen LogP contribution is -2.36. The van der Waals surface area contributed by atoms with Crippen LogP contribution in [0, 0.1) is 28.5 Å². The van der Waals surface area contributed by atoms with E-state index in [0.717, 1.165) is 0 Å². The van der Waals surface area contributed by atoms with Gasteiger partial charge in [-0.25, -0.2) is 4.39 Å². The lowest BCUT2D eigenvalue weighted by molar-refractivity contribution is -0.133. The van der Waals surface area contributed by atoms with Gasteiger partial charge in [-0.2, -0.15) is 10.5 Å². The highest BCUT2D eigenvalue weighted by Crippen LogP contribution is 2.21. The maximum Gasteiger partial charge on any atom is 0.260 e. The van der Waals surface area contributed by atoms with Gasteiger partial charge in [-0.3, -0.25) is 4.79 Å². The number of nitrogens with zero attached hydrogens (tertiary/aromatic N) is 3. The van der Waals surface area contributed by atoms with Gasteiger partial charge in [0.05, 0.1) is 25.0 Å². The van der Waals surface area contributed by atoms with Gasteiger partial charge in [0.25, 0.3) is 5.91 Å². The predicted octanol–water partition coefficient (Wildman–Crippen LogP) is 2.62. The number of hydrogen-bond donors (Lipinski definition) is 0. The van der Waals surface area contributed by atoms with Crippen LogP contribution >= 0.6 is 15.9 Å². The lowest BCUT2D eigenvalue weighted by atomic mass is 10.3. The van der Waals surface area contributed by atoms with Gasteiger partial charge in [0.1, 0.15) is 0 Å². The summed E-state index contributed by atoms with van der Waals surface area (Å²) in [5.41, 5.74) is 0. The standard InChI is InChI=1S/C14H13BrFN3O2/c15-11-3-4-13(12(16)9-11)21-10-14(20)19(7-1-5-17)8-2-6-18/h3-4,9H,1-2,7-8,10H2. The molecule has 0 saturated carbocycles. The highest BCUT2D eigenvalue weighted by molar-refractivity contribution is 9.10. The van der Waals surface area contributed by atoms with Crippen molar-refractivity contribution in [3.8, 4) is 17.9 Å². The van der Waals surface area contributed by atoms with Crippen LogP contribution in [0.1, 0.15) is 12.8 Å². The molecule has 0 aliphatic rings. The summed E-state index contributed by atoms with van der Waals surface area (Å²) in [5, 5.41) is 17.1. The zero-order valence-corrected chi connectivity index (χ0v) is 12.8. The molecule has 0 bridgehead atoms. The normalized spacial score (nSPS) is 9.52. The van der Waals surface area contributed by atoms with Crippen molar-refractivity contribution in [1.29, 1.82) is 10.5 Å². The molecule has 0 saturated heterocycles. The third-order valence-electron chi connectivity index (χ3n) is 2.58. The third-order valence-corrected chi connectivity index (χ3v) is 3.08. The second-order valence-corrected chi connectivity index (χ2v) is 4.98. The van der Waals surface area contributed by atoms with Crippen molar-refractivity contribution >= 4 is 21.8 Å². The maximum absolute atomic E-state index is 13.5. The van der Waals surface area contributed by atoms with E-state index in [0.29, 0.717) is 4.47 Å². The van der Waals surface area contributed by atoms with Crippen molar-refractivity contribution in [3.63, 3.8) is 0 Å². The summed E-state index contributed by atoms with van der Waals surface area (Å²) in [6.45, 7) is 0.113. The molecular weight excluding hydrogens is 341 g/mol. The van der Waals surface area contributed by atoms with Crippen molar-refractivity contribution in [3.05, 3.63) is 28.5 Å². The fourth-order valence-electron chi connectivity index (χ4n) is 1.55. The van der Waals surface area contributed by atoms with E-state index in [1.165, 1.54) is 17.0 Å². The summed E-state index contributed by atoms with van der Waals surface area (Å²) in [4.78, 5) is 13.3. The van der Waals surface area contributed by atoms with E-state index in [1.54, 1.807) is 6.07 Å². The van der Waals surface area contributed by atoms with Gasteiger partial charge in [-0.05, 0) is 18.2 Å². The third kappa shape index (κ3) is 5.80. The molecule has 110 valence electrons. The molecule has 0 atom stereocenters. The zero-order valence-electron chi connectivity index (χ0n) is 11.2. The van der Waals surface area contributed by atoms with Gasteiger partial charge in [0.2, 0.25) is 0 Å². The molecule has 0 spiro atoms. The molecule has 5 nitrogen and oxygen atoms in total. The molecule has 0 fully saturated rings. The van der Waals surface area contributed by atoms with Crippen LogP contribution in [0.3, 0.4) is 0 Å². The van der Waals surface area contributed by atoms with Crippen molar-refractivity contribution < 1.29 is 13.9 Å². The summed E-state index contributed by atoms with van der Waals surface area (Å²) in [6.07, 6.45) is 0.341. The molecule has 0 radical (unpaired) electrons. The van der Waals surface area contributed by atoms with Gasteiger partial charge in [0.15, 0.2) is 18.2 Å². The van der Waals surface area contributed by atoms with Gasteiger partial charge >= 0.3 is 0 Å². The van der Waals surface area contributed by atoms with Gasteiger partial charge in [-0.1, -0.05) is 15.9 Å². The van der Waals surface area contributed by atoms with E-state index < -0.39 is 5.82 Å². The van der Waals surface area contributed by atoms with E-state index in [4.69, 9.17) is 15.3 Å². The first kappa shape index (κ1) is 16.9. The first-order valence-corrected chi connectivity index (χ1v) is 6.97. The fourth-order valence-corrected chi connectivity index (χ4v) is 1.89. The van der Waals surface area contributed by atoms with Crippen LogP contribution in [0.25, 0.3) is 0 Å². The molecule has 0 unspecified atom stereocenters. The Hall–Kier alpha value is -2.12. The minimum absolute atomic E-state index is 0.0212. The average molecular weight is 354 g/mol. The average Bonchev–Trinajstić information content (AvgIpc) is 2.46. The van der Waals surface area contributed by atoms with E-state index >= 15 is 0 Å².